The highest BCUT2D eigenvalue weighted by molar-refractivity contribution is 7.90. The number of hydrazine groups is 1. The van der Waals surface area contributed by atoms with E-state index in [1.165, 1.54) is 19.1 Å². The number of nitrogens with zero attached hydrogens (tertiary/aromatic N) is 5. The van der Waals surface area contributed by atoms with Crippen LogP contribution < -0.4 is 4.72 Å². The first kappa shape index (κ1) is 33.8. The zero-order chi connectivity index (χ0) is 33.8. The van der Waals surface area contributed by atoms with Crippen molar-refractivity contribution in [2.45, 2.75) is 57.3 Å². The van der Waals surface area contributed by atoms with Crippen LogP contribution in [0.5, 0.6) is 0 Å². The van der Waals surface area contributed by atoms with Crippen molar-refractivity contribution in [3.05, 3.63) is 71.1 Å². The fraction of sp³-hybridized carbons (Fsp3) is 0.370. The minimum Gasteiger partial charge on any atom is -0.569 e. The van der Waals surface area contributed by atoms with E-state index in [1.54, 1.807) is 42.8 Å². The molecule has 2 heterocycles. The van der Waals surface area contributed by atoms with Crippen molar-refractivity contribution in [3.8, 4) is 16.9 Å². The molecule has 0 aliphatic carbocycles. The van der Waals surface area contributed by atoms with Crippen LogP contribution >= 0.6 is 0 Å². The van der Waals surface area contributed by atoms with Gasteiger partial charge in [0.15, 0.2) is 5.69 Å². The molecule has 0 spiro atoms. The van der Waals surface area contributed by atoms with E-state index in [1.807, 2.05) is 6.92 Å². The topological polar surface area (TPSA) is 177 Å². The van der Waals surface area contributed by atoms with E-state index >= 15 is 0 Å². The molecule has 1 fully saturated rings. The van der Waals surface area contributed by atoms with Gasteiger partial charge in [-0.3, -0.25) is 4.84 Å². The summed E-state index contributed by atoms with van der Waals surface area (Å²) in [5, 5.41) is 19.9. The summed E-state index contributed by atoms with van der Waals surface area (Å²) < 4.78 is 83.2. The number of nitrogens with one attached hydrogen (secondary N) is 1. The number of benzene rings is 2. The Hall–Kier alpha value is -5.07. The number of amides is 1. The van der Waals surface area contributed by atoms with E-state index < -0.39 is 52.6 Å². The van der Waals surface area contributed by atoms with Crippen LogP contribution in [-0.2, 0) is 35.2 Å². The van der Waals surface area contributed by atoms with Crippen molar-refractivity contribution in [2.24, 2.45) is 5.28 Å². The van der Waals surface area contributed by atoms with E-state index in [0.29, 0.717) is 5.56 Å². The van der Waals surface area contributed by atoms with Gasteiger partial charge in [-0.15, -0.1) is 5.01 Å². The van der Waals surface area contributed by atoms with Crippen LogP contribution in [0.3, 0.4) is 0 Å². The van der Waals surface area contributed by atoms with Crippen LogP contribution in [0, 0.1) is 12.1 Å². The van der Waals surface area contributed by atoms with Crippen molar-refractivity contribution in [3.63, 3.8) is 0 Å². The Morgan fingerprint density at radius 1 is 1.07 bits per heavy atom. The Morgan fingerprint density at radius 3 is 2.28 bits per heavy atom. The number of halogens is 3. The lowest BCUT2D eigenvalue weighted by atomic mass is 10.1. The predicted molar refractivity (Wildman–Crippen MR) is 150 cm³/mol. The molecule has 2 aromatic carbocycles. The Balaban J connectivity index is 1.34. The van der Waals surface area contributed by atoms with Gasteiger partial charge in [-0.25, -0.2) is 27.4 Å². The molecule has 4 rings (SSSR count). The Kier molecular flexibility index (Phi) is 9.93. The molecule has 1 aliphatic heterocycles. The van der Waals surface area contributed by atoms with Gasteiger partial charge in [-0.05, 0) is 51.1 Å². The number of aryl methyl sites for hydroxylation is 1. The fourth-order valence-electron chi connectivity index (χ4n) is 3.92. The van der Waals surface area contributed by atoms with E-state index in [2.05, 4.69) is 10.4 Å². The molecule has 1 atom stereocenters. The molecule has 1 N–H and O–H groups in total. The van der Waals surface area contributed by atoms with E-state index in [4.69, 9.17) is 19.0 Å². The molecule has 1 aromatic heterocycles. The number of hydrogen-bond acceptors (Lipinski definition) is 11. The van der Waals surface area contributed by atoms with Gasteiger partial charge in [0.05, 0.1) is 27.4 Å². The second-order valence-corrected chi connectivity index (χ2v) is 11.9. The fourth-order valence-corrected chi connectivity index (χ4v) is 4.80. The predicted octanol–water partition coefficient (Wildman–Crippen LogP) is 4.68. The number of carbonyl (C=O) groups excluding carboxylic acids is 2. The average molecular weight is 671 g/mol. The molecular weight excluding hydrogens is 641 g/mol. The molecule has 19 heteroatoms. The van der Waals surface area contributed by atoms with Crippen LogP contribution in [0.4, 0.5) is 22.8 Å². The monoisotopic (exact) mass is 670 g/mol. The van der Waals surface area contributed by atoms with Gasteiger partial charge >= 0.3 is 18.4 Å². The first-order chi connectivity index (χ1) is 21.5. The van der Waals surface area contributed by atoms with Crippen LogP contribution in [0.1, 0.15) is 32.0 Å². The summed E-state index contributed by atoms with van der Waals surface area (Å²) in [6, 6.07) is 12.3. The molecule has 248 valence electrons. The molecular formula is C27H29F3N6O9S. The third kappa shape index (κ3) is 8.55. The van der Waals surface area contributed by atoms with E-state index in [9.17, 15) is 36.4 Å². The zero-order valence-corrected chi connectivity index (χ0v) is 25.6. The minimum absolute atomic E-state index is 0.0330. The summed E-state index contributed by atoms with van der Waals surface area (Å²) in [5.74, 6) is 0. The highest BCUT2D eigenvalue weighted by Crippen LogP contribution is 2.33. The Labute approximate surface area is 260 Å². The van der Waals surface area contributed by atoms with Gasteiger partial charge in [-0.2, -0.15) is 18.3 Å². The lowest BCUT2D eigenvalue weighted by molar-refractivity contribution is -0.728. The summed E-state index contributed by atoms with van der Waals surface area (Å²) in [5.41, 5.74) is 0.489. The highest BCUT2D eigenvalue weighted by Gasteiger charge is 2.38. The van der Waals surface area contributed by atoms with Crippen LogP contribution in [0.15, 0.2) is 64.8 Å². The molecule has 3 aromatic rings. The Morgan fingerprint density at radius 2 is 1.70 bits per heavy atom. The summed E-state index contributed by atoms with van der Waals surface area (Å²) in [4.78, 5) is 28.1. The Bertz CT molecular complexity index is 1690. The maximum Gasteiger partial charge on any atom is 0.511 e. The largest absolute Gasteiger partial charge is 0.569 e. The number of hydrogen-bond donors (Lipinski definition) is 1. The summed E-state index contributed by atoms with van der Waals surface area (Å²) >= 11 is 0. The summed E-state index contributed by atoms with van der Waals surface area (Å²) in [6.45, 7) is 6.03. The number of alkyl halides is 3. The number of rotatable bonds is 10. The lowest BCUT2D eigenvalue weighted by Gasteiger charge is -2.33. The van der Waals surface area contributed by atoms with Gasteiger partial charge in [0.2, 0.25) is 5.28 Å². The smallest absolute Gasteiger partial charge is 0.511 e. The van der Waals surface area contributed by atoms with Gasteiger partial charge in [0.1, 0.15) is 19.2 Å². The van der Waals surface area contributed by atoms with Crippen LogP contribution in [0.2, 0.25) is 0 Å². The first-order valence-corrected chi connectivity index (χ1v) is 15.0. The zero-order valence-electron chi connectivity index (χ0n) is 24.8. The van der Waals surface area contributed by atoms with Crippen molar-refractivity contribution < 1.29 is 55.2 Å². The molecule has 1 saturated heterocycles. The second kappa shape index (κ2) is 13.5. The number of aromatic nitrogens is 2. The van der Waals surface area contributed by atoms with Crippen molar-refractivity contribution in [1.82, 2.24) is 19.5 Å². The molecule has 1 unspecified atom stereocenters. The third-order valence-corrected chi connectivity index (χ3v) is 7.49. The lowest BCUT2D eigenvalue weighted by Crippen LogP contribution is -2.56. The standard InChI is InChI=1S/C27H29F3N6O9S/c1-16(2)42-26(38)43-18(4)45-33-36(39)34-14-21(15-34)44-25(37)32-46(40,41)22-11-9-20(10-12-22)35-23(13-24(31-35)27(28,29)30)19-7-5-17(3)6-8-19/h5-13,16,18,21H,14-15H2,1-4H3,(H,32,37)/b36-33-. The first-order valence-electron chi connectivity index (χ1n) is 13.6. The summed E-state index contributed by atoms with van der Waals surface area (Å²) in [7, 11) is -4.45. The molecule has 1 amide bonds. The van der Waals surface area contributed by atoms with Crippen molar-refractivity contribution >= 4 is 22.3 Å². The number of sulfonamides is 1. The molecule has 46 heavy (non-hydrogen) atoms. The highest BCUT2D eigenvalue weighted by atomic mass is 32.2. The SMILES string of the molecule is Cc1ccc(-c2cc(C(F)(F)F)nn2-c2ccc(S(=O)(=O)NC(=O)OC3CN(/[N+]([O-])=N/OC(C)OC(=O)OC(C)C)C3)cc2)cc1. The number of ether oxygens (including phenoxy) is 3. The van der Waals surface area contributed by atoms with Gasteiger partial charge in [-0.1, -0.05) is 29.8 Å². The van der Waals surface area contributed by atoms with E-state index in [0.717, 1.165) is 33.5 Å². The molecule has 0 radical (unpaired) electrons. The van der Waals surface area contributed by atoms with Gasteiger partial charge < -0.3 is 19.4 Å². The van der Waals surface area contributed by atoms with Gasteiger partial charge in [0, 0.05) is 12.5 Å². The van der Waals surface area contributed by atoms with Crippen molar-refractivity contribution in [2.75, 3.05) is 13.1 Å². The van der Waals surface area contributed by atoms with Crippen LogP contribution in [-0.4, -0.2) is 72.0 Å². The van der Waals surface area contributed by atoms with E-state index in [-0.39, 0.29) is 34.3 Å². The normalized spacial score (nSPS) is 14.8. The third-order valence-electron chi connectivity index (χ3n) is 6.16. The molecule has 0 bridgehead atoms. The molecule has 1 aliphatic rings. The van der Waals surface area contributed by atoms with Crippen molar-refractivity contribution in [1.29, 1.82) is 0 Å². The maximum absolute atomic E-state index is 13.5. The average Bonchev–Trinajstić information content (AvgIpc) is 3.39. The van der Waals surface area contributed by atoms with Crippen LogP contribution in [0.25, 0.3) is 16.9 Å². The molecule has 15 nitrogen and oxygen atoms in total. The summed E-state index contributed by atoms with van der Waals surface area (Å²) in [6.07, 6.45) is -9.61. The molecule has 0 saturated carbocycles. The minimum atomic E-state index is -4.72. The quantitative estimate of drug-likeness (QED) is 0.104. The second-order valence-electron chi connectivity index (χ2n) is 10.2. The van der Waals surface area contributed by atoms with Gasteiger partial charge in [0.25, 0.3) is 16.3 Å². The maximum atomic E-state index is 13.5. The number of carbonyl (C=O) groups is 2.